The van der Waals surface area contributed by atoms with Crippen LogP contribution in [0.3, 0.4) is 0 Å². The van der Waals surface area contributed by atoms with Crippen LogP contribution in [0.2, 0.25) is 0 Å². The van der Waals surface area contributed by atoms with Gasteiger partial charge in [-0.1, -0.05) is 26.0 Å². The lowest BCUT2D eigenvalue weighted by molar-refractivity contribution is 0.788. The number of fused-ring (bicyclic) bond motifs is 1. The second kappa shape index (κ2) is 3.06. The lowest BCUT2D eigenvalue weighted by atomic mass is 9.96. The highest BCUT2D eigenvalue weighted by molar-refractivity contribution is 5.62. The van der Waals surface area contributed by atoms with Gasteiger partial charge in [0.15, 0.2) is 0 Å². The highest BCUT2D eigenvalue weighted by atomic mass is 15.1. The standard InChI is InChI=1S/C12H17N/c1-4-10-6-5-7-11-12(10)9(2)8-13(11)3/h5-7,9H,4,8H2,1-3H3. The SMILES string of the molecule is CCc1cccc2c1C(C)CN2C. The number of hydrogen-bond donors (Lipinski definition) is 0. The van der Waals surface area contributed by atoms with Crippen molar-refractivity contribution >= 4 is 5.69 Å². The van der Waals surface area contributed by atoms with E-state index in [1.807, 2.05) is 0 Å². The van der Waals surface area contributed by atoms with Crippen molar-refractivity contribution < 1.29 is 0 Å². The Labute approximate surface area is 80.4 Å². The molecular formula is C12H17N. The van der Waals surface area contributed by atoms with E-state index in [0.717, 1.165) is 6.42 Å². The highest BCUT2D eigenvalue weighted by Crippen LogP contribution is 2.37. The Balaban J connectivity index is 2.55. The summed E-state index contributed by atoms with van der Waals surface area (Å²) in [4.78, 5) is 2.36. The summed E-state index contributed by atoms with van der Waals surface area (Å²) in [6.45, 7) is 5.73. The predicted octanol–water partition coefficient (Wildman–Crippen LogP) is 2.80. The molecule has 2 rings (SSSR count). The van der Waals surface area contributed by atoms with Crippen LogP contribution in [0.4, 0.5) is 5.69 Å². The molecule has 0 aliphatic carbocycles. The fraction of sp³-hybridized carbons (Fsp3) is 0.500. The van der Waals surface area contributed by atoms with Crippen molar-refractivity contribution in [2.75, 3.05) is 18.5 Å². The molecule has 0 aromatic heterocycles. The molecule has 0 bridgehead atoms. The molecular weight excluding hydrogens is 158 g/mol. The lowest BCUT2D eigenvalue weighted by Gasteiger charge is -2.12. The van der Waals surface area contributed by atoms with Crippen molar-refractivity contribution in [1.82, 2.24) is 0 Å². The average Bonchev–Trinajstić information content (AvgIpc) is 2.43. The summed E-state index contributed by atoms with van der Waals surface area (Å²) >= 11 is 0. The van der Waals surface area contributed by atoms with Gasteiger partial charge in [-0.25, -0.2) is 0 Å². The molecule has 0 radical (unpaired) electrons. The van der Waals surface area contributed by atoms with Crippen LogP contribution in [-0.4, -0.2) is 13.6 Å². The molecule has 1 unspecified atom stereocenters. The van der Waals surface area contributed by atoms with Crippen molar-refractivity contribution in [2.45, 2.75) is 26.2 Å². The minimum atomic E-state index is 0.705. The number of hydrogen-bond acceptors (Lipinski definition) is 1. The zero-order chi connectivity index (χ0) is 9.42. The first-order chi connectivity index (χ1) is 6.24. The summed E-state index contributed by atoms with van der Waals surface area (Å²) in [6.07, 6.45) is 1.15. The van der Waals surface area contributed by atoms with Crippen LogP contribution in [-0.2, 0) is 6.42 Å². The van der Waals surface area contributed by atoms with Gasteiger partial charge in [-0.3, -0.25) is 0 Å². The number of benzene rings is 1. The summed E-state index contributed by atoms with van der Waals surface area (Å²) in [7, 11) is 2.18. The van der Waals surface area contributed by atoms with Crippen molar-refractivity contribution in [1.29, 1.82) is 0 Å². The van der Waals surface area contributed by atoms with Gasteiger partial charge in [-0.2, -0.15) is 0 Å². The van der Waals surface area contributed by atoms with E-state index in [4.69, 9.17) is 0 Å². The number of aryl methyl sites for hydroxylation is 1. The van der Waals surface area contributed by atoms with E-state index in [9.17, 15) is 0 Å². The smallest absolute Gasteiger partial charge is 0.0402 e. The van der Waals surface area contributed by atoms with Gasteiger partial charge in [0.25, 0.3) is 0 Å². The van der Waals surface area contributed by atoms with E-state index in [1.165, 1.54) is 17.8 Å². The van der Waals surface area contributed by atoms with Crippen LogP contribution < -0.4 is 4.90 Å². The maximum Gasteiger partial charge on any atom is 0.0402 e. The Morgan fingerprint density at radius 3 is 2.92 bits per heavy atom. The predicted molar refractivity (Wildman–Crippen MR) is 57.5 cm³/mol. The molecule has 1 heterocycles. The molecule has 1 heteroatoms. The van der Waals surface area contributed by atoms with Gasteiger partial charge in [-0.15, -0.1) is 0 Å². The highest BCUT2D eigenvalue weighted by Gasteiger charge is 2.24. The average molecular weight is 175 g/mol. The molecule has 0 amide bonds. The Bertz CT molecular complexity index is 317. The molecule has 70 valence electrons. The van der Waals surface area contributed by atoms with E-state index in [0.29, 0.717) is 5.92 Å². The first-order valence-corrected chi connectivity index (χ1v) is 5.07. The summed E-state index contributed by atoms with van der Waals surface area (Å²) in [5, 5.41) is 0. The Hall–Kier alpha value is -0.980. The topological polar surface area (TPSA) is 3.24 Å². The lowest BCUT2D eigenvalue weighted by Crippen LogP contribution is -2.13. The maximum atomic E-state index is 2.36. The van der Waals surface area contributed by atoms with E-state index < -0.39 is 0 Å². The van der Waals surface area contributed by atoms with Crippen molar-refractivity contribution in [2.24, 2.45) is 0 Å². The van der Waals surface area contributed by atoms with Crippen molar-refractivity contribution in [3.8, 4) is 0 Å². The third-order valence-electron chi connectivity index (χ3n) is 3.01. The largest absolute Gasteiger partial charge is 0.374 e. The molecule has 1 nitrogen and oxygen atoms in total. The molecule has 1 aliphatic rings. The number of rotatable bonds is 1. The van der Waals surface area contributed by atoms with E-state index in [1.54, 1.807) is 5.56 Å². The summed E-state index contributed by atoms with van der Waals surface area (Å²) in [5.41, 5.74) is 4.54. The molecule has 13 heavy (non-hydrogen) atoms. The molecule has 0 N–H and O–H groups in total. The minimum Gasteiger partial charge on any atom is -0.374 e. The first-order valence-electron chi connectivity index (χ1n) is 5.07. The zero-order valence-corrected chi connectivity index (χ0v) is 8.67. The Morgan fingerprint density at radius 1 is 1.46 bits per heavy atom. The Morgan fingerprint density at radius 2 is 2.23 bits per heavy atom. The van der Waals surface area contributed by atoms with E-state index in [2.05, 4.69) is 44.0 Å². The Kier molecular flexibility index (Phi) is 2.03. The normalized spacial score (nSPS) is 20.5. The van der Waals surface area contributed by atoms with Gasteiger partial charge in [0.05, 0.1) is 0 Å². The van der Waals surface area contributed by atoms with E-state index >= 15 is 0 Å². The third-order valence-corrected chi connectivity index (χ3v) is 3.01. The number of nitrogens with zero attached hydrogens (tertiary/aromatic N) is 1. The van der Waals surface area contributed by atoms with Crippen molar-refractivity contribution in [3.05, 3.63) is 29.3 Å². The van der Waals surface area contributed by atoms with Crippen molar-refractivity contribution in [3.63, 3.8) is 0 Å². The maximum absolute atomic E-state index is 2.36. The van der Waals surface area contributed by atoms with Gasteiger partial charge < -0.3 is 4.90 Å². The van der Waals surface area contributed by atoms with Crippen LogP contribution in [0.5, 0.6) is 0 Å². The fourth-order valence-corrected chi connectivity index (χ4v) is 2.41. The first kappa shape index (κ1) is 8.61. The monoisotopic (exact) mass is 175 g/mol. The molecule has 0 fully saturated rings. The fourth-order valence-electron chi connectivity index (χ4n) is 2.41. The molecule has 1 atom stereocenters. The van der Waals surface area contributed by atoms with Gasteiger partial charge in [0, 0.05) is 25.2 Å². The molecule has 0 spiro atoms. The van der Waals surface area contributed by atoms with Crippen LogP contribution in [0.25, 0.3) is 0 Å². The second-order valence-electron chi connectivity index (χ2n) is 3.99. The minimum absolute atomic E-state index is 0.705. The van der Waals surface area contributed by atoms with Crippen LogP contribution in [0, 0.1) is 0 Å². The number of anilines is 1. The zero-order valence-electron chi connectivity index (χ0n) is 8.67. The van der Waals surface area contributed by atoms with Gasteiger partial charge in [0.2, 0.25) is 0 Å². The molecule has 1 aromatic rings. The summed E-state index contributed by atoms with van der Waals surface area (Å²) < 4.78 is 0. The summed E-state index contributed by atoms with van der Waals surface area (Å²) in [6, 6.07) is 6.67. The third kappa shape index (κ3) is 1.23. The second-order valence-corrected chi connectivity index (χ2v) is 3.99. The molecule has 1 aromatic carbocycles. The molecule has 0 saturated carbocycles. The molecule has 1 aliphatic heterocycles. The van der Waals surface area contributed by atoms with Crippen LogP contribution in [0.15, 0.2) is 18.2 Å². The van der Waals surface area contributed by atoms with Gasteiger partial charge in [0.1, 0.15) is 0 Å². The molecule has 0 saturated heterocycles. The number of likely N-dealkylation sites (N-methyl/N-ethyl adjacent to an activating group) is 1. The quantitative estimate of drug-likeness (QED) is 0.634. The summed E-state index contributed by atoms with van der Waals surface area (Å²) in [5.74, 6) is 0.705. The van der Waals surface area contributed by atoms with Gasteiger partial charge in [-0.05, 0) is 23.6 Å². The van der Waals surface area contributed by atoms with Crippen LogP contribution in [0.1, 0.15) is 30.9 Å². The van der Waals surface area contributed by atoms with E-state index in [-0.39, 0.29) is 0 Å². The van der Waals surface area contributed by atoms with Crippen LogP contribution >= 0.6 is 0 Å². The van der Waals surface area contributed by atoms with Gasteiger partial charge >= 0.3 is 0 Å².